The lowest BCUT2D eigenvalue weighted by Gasteiger charge is -2.26. The predicted octanol–water partition coefficient (Wildman–Crippen LogP) is 5.56. The molecule has 0 unspecified atom stereocenters. The van der Waals surface area contributed by atoms with E-state index in [1.54, 1.807) is 0 Å². The molecule has 1 aliphatic rings. The third kappa shape index (κ3) is 2.77. The van der Waals surface area contributed by atoms with Crippen LogP contribution in [-0.4, -0.2) is 6.54 Å². The van der Waals surface area contributed by atoms with Gasteiger partial charge in [0.2, 0.25) is 0 Å². The highest BCUT2D eigenvalue weighted by Gasteiger charge is 2.22. The van der Waals surface area contributed by atoms with Gasteiger partial charge in [-0.15, -0.1) is 0 Å². The minimum atomic E-state index is 0.154. The molecule has 1 N–H and O–H groups in total. The van der Waals surface area contributed by atoms with Gasteiger partial charge in [0.05, 0.1) is 0 Å². The maximum absolute atomic E-state index is 3.75. The number of fused-ring (bicyclic) bond motifs is 1. The van der Waals surface area contributed by atoms with Gasteiger partial charge in [-0.3, -0.25) is 0 Å². The third-order valence-electron chi connectivity index (χ3n) is 3.92. The number of rotatable bonds is 1. The van der Waals surface area contributed by atoms with Crippen LogP contribution in [0, 0.1) is 0 Å². The first-order valence-electron chi connectivity index (χ1n) is 7.29. The lowest BCUT2D eigenvalue weighted by molar-refractivity contribution is 0.590. The van der Waals surface area contributed by atoms with Crippen molar-refractivity contribution in [2.45, 2.75) is 26.2 Å². The van der Waals surface area contributed by atoms with Crippen molar-refractivity contribution in [3.8, 4) is 0 Å². The summed E-state index contributed by atoms with van der Waals surface area (Å²) in [7, 11) is 0. The third-order valence-corrected chi connectivity index (χ3v) is 4.60. The van der Waals surface area contributed by atoms with Gasteiger partial charge >= 0.3 is 0 Å². The van der Waals surface area contributed by atoms with Crippen molar-refractivity contribution < 1.29 is 0 Å². The molecule has 0 fully saturated rings. The first-order chi connectivity index (χ1) is 9.97. The highest BCUT2D eigenvalue weighted by molar-refractivity contribution is 9.11. The molecular formula is C19H20BrN. The van der Waals surface area contributed by atoms with E-state index in [1.807, 2.05) is 0 Å². The van der Waals surface area contributed by atoms with Gasteiger partial charge in [0.15, 0.2) is 0 Å². The smallest absolute Gasteiger partial charge is 0.0473 e. The average molecular weight is 342 g/mol. The molecule has 2 aromatic rings. The van der Waals surface area contributed by atoms with E-state index in [0.717, 1.165) is 6.54 Å². The summed E-state index contributed by atoms with van der Waals surface area (Å²) >= 11 is 3.75. The molecule has 1 aliphatic heterocycles. The van der Waals surface area contributed by atoms with E-state index in [2.05, 4.69) is 90.5 Å². The number of hydrogen-bond donors (Lipinski definition) is 1. The summed E-state index contributed by atoms with van der Waals surface area (Å²) in [5.74, 6) is 0. The zero-order valence-electron chi connectivity index (χ0n) is 12.7. The Balaban J connectivity index is 2.19. The highest BCUT2D eigenvalue weighted by Crippen LogP contribution is 2.39. The summed E-state index contributed by atoms with van der Waals surface area (Å²) in [4.78, 5) is 0. The number of hydrogen-bond acceptors (Lipinski definition) is 1. The summed E-state index contributed by atoms with van der Waals surface area (Å²) in [5, 5.41) is 3.49. The molecule has 2 aromatic carbocycles. The van der Waals surface area contributed by atoms with Crippen LogP contribution in [0.15, 0.2) is 53.0 Å². The molecule has 3 rings (SSSR count). The van der Waals surface area contributed by atoms with Crippen LogP contribution in [0.2, 0.25) is 0 Å². The SMILES string of the molecule is CC(C)(C)c1ccc2c(c1)C(c1ccccc1)=C(Br)CN2. The Morgan fingerprint density at radius 2 is 1.71 bits per heavy atom. The molecule has 0 saturated heterocycles. The fraction of sp³-hybridized carbons (Fsp3) is 0.263. The molecular weight excluding hydrogens is 322 g/mol. The summed E-state index contributed by atoms with van der Waals surface area (Å²) in [5.41, 5.74) is 6.57. The van der Waals surface area contributed by atoms with E-state index >= 15 is 0 Å². The van der Waals surface area contributed by atoms with Crippen LogP contribution >= 0.6 is 15.9 Å². The number of anilines is 1. The van der Waals surface area contributed by atoms with Crippen molar-refractivity contribution in [1.82, 2.24) is 0 Å². The van der Waals surface area contributed by atoms with Crippen LogP contribution in [0.5, 0.6) is 0 Å². The van der Waals surface area contributed by atoms with Gasteiger partial charge in [-0.1, -0.05) is 73.1 Å². The molecule has 21 heavy (non-hydrogen) atoms. The van der Waals surface area contributed by atoms with Gasteiger partial charge in [-0.05, 0) is 28.7 Å². The predicted molar refractivity (Wildman–Crippen MR) is 95.0 cm³/mol. The second-order valence-corrected chi connectivity index (χ2v) is 7.47. The molecule has 0 amide bonds. The van der Waals surface area contributed by atoms with Crippen molar-refractivity contribution >= 4 is 27.2 Å². The highest BCUT2D eigenvalue weighted by atomic mass is 79.9. The minimum Gasteiger partial charge on any atom is -0.380 e. The Labute approximate surface area is 135 Å². The van der Waals surface area contributed by atoms with Gasteiger partial charge in [0, 0.05) is 27.9 Å². The van der Waals surface area contributed by atoms with Crippen LogP contribution in [0.25, 0.3) is 5.57 Å². The summed E-state index contributed by atoms with van der Waals surface area (Å²) in [6.45, 7) is 7.61. The lowest BCUT2D eigenvalue weighted by Crippen LogP contribution is -2.16. The summed E-state index contributed by atoms with van der Waals surface area (Å²) in [6, 6.07) is 17.4. The number of halogens is 1. The van der Waals surface area contributed by atoms with E-state index in [-0.39, 0.29) is 5.41 Å². The first-order valence-corrected chi connectivity index (χ1v) is 8.09. The van der Waals surface area contributed by atoms with Gasteiger partial charge in [-0.2, -0.15) is 0 Å². The zero-order valence-corrected chi connectivity index (χ0v) is 14.3. The maximum atomic E-state index is 3.75. The molecule has 0 aliphatic carbocycles. The molecule has 1 nitrogen and oxygen atoms in total. The van der Waals surface area contributed by atoms with Crippen molar-refractivity contribution in [3.63, 3.8) is 0 Å². The molecule has 0 radical (unpaired) electrons. The van der Waals surface area contributed by atoms with Crippen LogP contribution in [-0.2, 0) is 5.41 Å². The lowest BCUT2D eigenvalue weighted by atomic mass is 9.83. The second-order valence-electron chi connectivity index (χ2n) is 6.51. The van der Waals surface area contributed by atoms with Crippen LogP contribution < -0.4 is 5.32 Å². The first kappa shape index (κ1) is 14.4. The van der Waals surface area contributed by atoms with Crippen molar-refractivity contribution in [2.75, 3.05) is 11.9 Å². The molecule has 108 valence electrons. The summed E-state index contributed by atoms with van der Waals surface area (Å²) in [6.07, 6.45) is 0. The largest absolute Gasteiger partial charge is 0.380 e. The van der Waals surface area contributed by atoms with Gasteiger partial charge < -0.3 is 5.32 Å². The van der Waals surface area contributed by atoms with Gasteiger partial charge in [0.25, 0.3) is 0 Å². The van der Waals surface area contributed by atoms with E-state index < -0.39 is 0 Å². The van der Waals surface area contributed by atoms with E-state index in [9.17, 15) is 0 Å². The van der Waals surface area contributed by atoms with Crippen LogP contribution in [0.1, 0.15) is 37.5 Å². The fourth-order valence-corrected chi connectivity index (χ4v) is 3.28. The standard InChI is InChI=1S/C19H20BrN/c1-19(2,3)14-9-10-17-15(11-14)18(16(20)12-21-17)13-7-5-4-6-8-13/h4-11,21H,12H2,1-3H3. The van der Waals surface area contributed by atoms with Gasteiger partial charge in [0.1, 0.15) is 0 Å². The van der Waals surface area contributed by atoms with Crippen molar-refractivity contribution in [3.05, 3.63) is 69.7 Å². The maximum Gasteiger partial charge on any atom is 0.0473 e. The second kappa shape index (κ2) is 5.34. The normalized spacial score (nSPS) is 14.7. The number of nitrogens with one attached hydrogen (secondary N) is 1. The van der Waals surface area contributed by atoms with Crippen LogP contribution in [0.3, 0.4) is 0 Å². The topological polar surface area (TPSA) is 12.0 Å². The molecule has 0 atom stereocenters. The van der Waals surface area contributed by atoms with Crippen molar-refractivity contribution in [1.29, 1.82) is 0 Å². The molecule has 0 spiro atoms. The number of benzene rings is 2. The Hall–Kier alpha value is -1.54. The zero-order chi connectivity index (χ0) is 15.0. The van der Waals surface area contributed by atoms with E-state index in [1.165, 1.54) is 32.4 Å². The fourth-order valence-electron chi connectivity index (χ4n) is 2.70. The monoisotopic (exact) mass is 341 g/mol. The van der Waals surface area contributed by atoms with E-state index in [4.69, 9.17) is 0 Å². The van der Waals surface area contributed by atoms with Gasteiger partial charge in [-0.25, -0.2) is 0 Å². The average Bonchev–Trinajstić information content (AvgIpc) is 2.46. The molecule has 0 aromatic heterocycles. The molecule has 0 saturated carbocycles. The molecule has 1 heterocycles. The van der Waals surface area contributed by atoms with Crippen molar-refractivity contribution in [2.24, 2.45) is 0 Å². The Morgan fingerprint density at radius 3 is 2.38 bits per heavy atom. The molecule has 2 heteroatoms. The van der Waals surface area contributed by atoms with Crippen LogP contribution in [0.4, 0.5) is 5.69 Å². The Bertz CT molecular complexity index is 693. The summed E-state index contributed by atoms with van der Waals surface area (Å²) < 4.78 is 1.22. The van der Waals surface area contributed by atoms with E-state index in [0.29, 0.717) is 0 Å². The molecule has 0 bridgehead atoms. The quantitative estimate of drug-likeness (QED) is 0.715. The Kier molecular flexibility index (Phi) is 3.66. The minimum absolute atomic E-state index is 0.154. The Morgan fingerprint density at radius 1 is 1.00 bits per heavy atom.